The van der Waals surface area contributed by atoms with E-state index in [0.29, 0.717) is 30.1 Å². The molecule has 136 valence electrons. The highest BCUT2D eigenvalue weighted by atomic mass is 32.1. The van der Waals surface area contributed by atoms with Crippen molar-refractivity contribution in [2.75, 3.05) is 16.8 Å². The molecule has 27 heavy (non-hydrogen) atoms. The van der Waals surface area contributed by atoms with Crippen LogP contribution in [0.1, 0.15) is 33.8 Å². The van der Waals surface area contributed by atoms with Gasteiger partial charge in [0.25, 0.3) is 5.91 Å². The number of hydrogen-bond acceptors (Lipinski definition) is 5. The lowest BCUT2D eigenvalue weighted by Crippen LogP contribution is -2.24. The number of carbonyl (C=O) groups excluding carboxylic acids is 2. The molecule has 0 bridgehead atoms. The highest BCUT2D eigenvalue weighted by molar-refractivity contribution is 7.15. The third-order valence-corrected chi connectivity index (χ3v) is 5.22. The minimum atomic E-state index is -0.258. The molecule has 0 atom stereocenters. The van der Waals surface area contributed by atoms with Gasteiger partial charge in [0.1, 0.15) is 5.01 Å². The molecule has 4 rings (SSSR count). The Morgan fingerprint density at radius 1 is 1.11 bits per heavy atom. The number of benzene rings is 2. The summed E-state index contributed by atoms with van der Waals surface area (Å²) in [5.74, 6) is -0.159. The van der Waals surface area contributed by atoms with Crippen molar-refractivity contribution in [2.24, 2.45) is 0 Å². The van der Waals surface area contributed by atoms with E-state index in [0.717, 1.165) is 22.7 Å². The van der Waals surface area contributed by atoms with Crippen LogP contribution in [0, 0.1) is 0 Å². The van der Waals surface area contributed by atoms with Gasteiger partial charge in [0, 0.05) is 30.6 Å². The summed E-state index contributed by atoms with van der Waals surface area (Å²) in [5, 5.41) is 12.3. The van der Waals surface area contributed by atoms with E-state index in [4.69, 9.17) is 0 Å². The van der Waals surface area contributed by atoms with E-state index in [1.807, 2.05) is 36.4 Å². The van der Waals surface area contributed by atoms with Crippen LogP contribution in [0.5, 0.6) is 0 Å². The lowest BCUT2D eigenvalue weighted by molar-refractivity contribution is -0.117. The van der Waals surface area contributed by atoms with E-state index < -0.39 is 0 Å². The first-order chi connectivity index (χ1) is 13.2. The van der Waals surface area contributed by atoms with Gasteiger partial charge in [0.2, 0.25) is 11.0 Å². The van der Waals surface area contributed by atoms with Crippen LogP contribution in [0.4, 0.5) is 10.8 Å². The summed E-state index contributed by atoms with van der Waals surface area (Å²) in [7, 11) is 0. The topological polar surface area (TPSA) is 75.2 Å². The third kappa shape index (κ3) is 4.03. The second-order valence-corrected chi connectivity index (χ2v) is 7.38. The van der Waals surface area contributed by atoms with Crippen molar-refractivity contribution in [3.05, 3.63) is 70.7 Å². The smallest absolute Gasteiger partial charge is 0.257 e. The van der Waals surface area contributed by atoms with Crippen LogP contribution in [0.3, 0.4) is 0 Å². The highest BCUT2D eigenvalue weighted by Crippen LogP contribution is 2.23. The molecule has 2 aromatic carbocycles. The van der Waals surface area contributed by atoms with Crippen molar-refractivity contribution >= 4 is 34.0 Å². The van der Waals surface area contributed by atoms with Gasteiger partial charge in [0.15, 0.2) is 0 Å². The summed E-state index contributed by atoms with van der Waals surface area (Å²) in [6, 6.07) is 17.1. The molecule has 1 aromatic heterocycles. The first-order valence-electron chi connectivity index (χ1n) is 8.77. The number of nitrogens with zero attached hydrogens (tertiary/aromatic N) is 3. The number of carbonyl (C=O) groups is 2. The molecular weight excluding hydrogens is 360 g/mol. The fourth-order valence-electron chi connectivity index (χ4n) is 3.05. The molecule has 0 radical (unpaired) electrons. The Hall–Kier alpha value is -3.06. The molecular formula is C20H18N4O2S. The van der Waals surface area contributed by atoms with Crippen LogP contribution in [-0.4, -0.2) is 28.6 Å². The van der Waals surface area contributed by atoms with Gasteiger partial charge in [-0.25, -0.2) is 0 Å². The number of anilines is 2. The van der Waals surface area contributed by atoms with Crippen molar-refractivity contribution in [2.45, 2.75) is 19.3 Å². The lowest BCUT2D eigenvalue weighted by atomic mass is 10.2. The van der Waals surface area contributed by atoms with E-state index in [1.54, 1.807) is 23.1 Å². The molecule has 1 saturated heterocycles. The molecule has 1 aliphatic heterocycles. The number of amides is 2. The van der Waals surface area contributed by atoms with Crippen molar-refractivity contribution in [1.82, 2.24) is 10.2 Å². The number of nitrogens with one attached hydrogen (secondary N) is 1. The number of rotatable bonds is 5. The summed E-state index contributed by atoms with van der Waals surface area (Å²) in [6.07, 6.45) is 2.09. The maximum atomic E-state index is 12.6. The van der Waals surface area contributed by atoms with Gasteiger partial charge in [-0.2, -0.15) is 0 Å². The van der Waals surface area contributed by atoms with Gasteiger partial charge in [-0.05, 0) is 30.2 Å². The second-order valence-electron chi connectivity index (χ2n) is 6.32. The van der Waals surface area contributed by atoms with Crippen molar-refractivity contribution in [3.8, 4) is 0 Å². The first kappa shape index (κ1) is 17.4. The molecule has 1 fully saturated rings. The summed E-state index contributed by atoms with van der Waals surface area (Å²) in [5.41, 5.74) is 2.40. The summed E-state index contributed by atoms with van der Waals surface area (Å²) in [4.78, 5) is 26.2. The van der Waals surface area contributed by atoms with Gasteiger partial charge in [0.05, 0.1) is 0 Å². The van der Waals surface area contributed by atoms with E-state index in [9.17, 15) is 9.59 Å². The van der Waals surface area contributed by atoms with Crippen LogP contribution in [0.2, 0.25) is 0 Å². The Bertz CT molecular complexity index is 971. The highest BCUT2D eigenvalue weighted by Gasteiger charge is 2.22. The molecule has 6 nitrogen and oxygen atoms in total. The average Bonchev–Trinajstić information content (AvgIpc) is 3.31. The molecule has 0 unspecified atom stereocenters. The monoisotopic (exact) mass is 378 g/mol. The zero-order chi connectivity index (χ0) is 18.6. The standard InChI is InChI=1S/C20H18N4O2S/c25-18-10-5-11-24(18)16-9-4-8-15(13-16)19(26)21-20-23-22-17(27-20)12-14-6-2-1-3-7-14/h1-4,6-9,13H,5,10-12H2,(H,21,23,26). The Morgan fingerprint density at radius 2 is 1.96 bits per heavy atom. The van der Waals surface area contributed by atoms with Crippen LogP contribution >= 0.6 is 11.3 Å². The largest absolute Gasteiger partial charge is 0.312 e. The Labute approximate surface area is 160 Å². The van der Waals surface area contributed by atoms with Crippen molar-refractivity contribution < 1.29 is 9.59 Å². The Kier molecular flexibility index (Phi) is 4.93. The number of hydrogen-bond donors (Lipinski definition) is 1. The molecule has 7 heteroatoms. The Morgan fingerprint density at radius 3 is 2.74 bits per heavy atom. The van der Waals surface area contributed by atoms with Gasteiger partial charge in [-0.3, -0.25) is 14.9 Å². The molecule has 0 spiro atoms. The molecule has 1 aliphatic rings. The third-order valence-electron chi connectivity index (χ3n) is 4.38. The molecule has 2 heterocycles. The molecule has 1 N–H and O–H groups in total. The SMILES string of the molecule is O=C(Nc1nnc(Cc2ccccc2)s1)c1cccc(N2CCCC2=O)c1. The van der Waals surface area contributed by atoms with Crippen LogP contribution in [-0.2, 0) is 11.2 Å². The van der Waals surface area contributed by atoms with E-state index in [1.165, 1.54) is 11.3 Å². The van der Waals surface area contributed by atoms with Crippen LogP contribution in [0.15, 0.2) is 54.6 Å². The van der Waals surface area contributed by atoms with Crippen LogP contribution < -0.4 is 10.2 Å². The summed E-state index contributed by atoms with van der Waals surface area (Å²) in [6.45, 7) is 0.698. The zero-order valence-electron chi connectivity index (χ0n) is 14.6. The fraction of sp³-hybridized carbons (Fsp3) is 0.200. The summed E-state index contributed by atoms with van der Waals surface area (Å²) >= 11 is 1.36. The first-order valence-corrected chi connectivity index (χ1v) is 9.59. The minimum Gasteiger partial charge on any atom is -0.312 e. The maximum Gasteiger partial charge on any atom is 0.257 e. The lowest BCUT2D eigenvalue weighted by Gasteiger charge is -2.16. The quantitative estimate of drug-likeness (QED) is 0.737. The second kappa shape index (κ2) is 7.67. The van der Waals surface area contributed by atoms with Gasteiger partial charge < -0.3 is 4.90 Å². The summed E-state index contributed by atoms with van der Waals surface area (Å²) < 4.78 is 0. The minimum absolute atomic E-state index is 0.0993. The average molecular weight is 378 g/mol. The molecule has 0 saturated carbocycles. The van der Waals surface area contributed by atoms with Gasteiger partial charge >= 0.3 is 0 Å². The molecule has 0 aliphatic carbocycles. The van der Waals surface area contributed by atoms with E-state index in [-0.39, 0.29) is 11.8 Å². The van der Waals surface area contributed by atoms with E-state index in [2.05, 4.69) is 15.5 Å². The molecule has 3 aromatic rings. The Balaban J connectivity index is 1.44. The fourth-order valence-corrected chi connectivity index (χ4v) is 3.82. The van der Waals surface area contributed by atoms with Crippen molar-refractivity contribution in [3.63, 3.8) is 0 Å². The predicted octanol–water partition coefficient (Wildman–Crippen LogP) is 3.51. The van der Waals surface area contributed by atoms with Gasteiger partial charge in [-0.15, -0.1) is 10.2 Å². The number of aromatic nitrogens is 2. The van der Waals surface area contributed by atoms with Crippen LogP contribution in [0.25, 0.3) is 0 Å². The maximum absolute atomic E-state index is 12.6. The zero-order valence-corrected chi connectivity index (χ0v) is 15.4. The molecule has 2 amide bonds. The predicted molar refractivity (Wildman–Crippen MR) is 105 cm³/mol. The van der Waals surface area contributed by atoms with Crippen molar-refractivity contribution in [1.29, 1.82) is 0 Å². The van der Waals surface area contributed by atoms with Gasteiger partial charge in [-0.1, -0.05) is 47.7 Å². The van der Waals surface area contributed by atoms with E-state index >= 15 is 0 Å². The normalized spacial score (nSPS) is 13.8.